The number of amides is 1. The molecule has 4 atom stereocenters. The van der Waals surface area contributed by atoms with Gasteiger partial charge in [0.2, 0.25) is 15.9 Å². The van der Waals surface area contributed by atoms with Gasteiger partial charge in [-0.25, -0.2) is 13.2 Å². The van der Waals surface area contributed by atoms with E-state index in [-0.39, 0.29) is 48.7 Å². The SMILES string of the molecule is CC1CNc2c(cccc2S(=O)(=O)N[C@@H](CCCN=C(N)N)C(=O)N2CC[C@@H](C)C[C@@H]2C(=O)O)C1.Cl. The molecule has 0 aromatic heterocycles. The molecule has 36 heavy (non-hydrogen) atoms. The second-order valence-electron chi connectivity index (χ2n) is 9.62. The Labute approximate surface area is 218 Å². The maximum Gasteiger partial charge on any atom is 0.326 e. The highest BCUT2D eigenvalue weighted by atomic mass is 35.5. The van der Waals surface area contributed by atoms with Crippen LogP contribution in [0.1, 0.15) is 45.1 Å². The number of nitrogens with one attached hydrogen (secondary N) is 2. The van der Waals surface area contributed by atoms with E-state index < -0.39 is 34.0 Å². The Balaban J connectivity index is 0.00000456. The predicted molar refractivity (Wildman–Crippen MR) is 141 cm³/mol. The van der Waals surface area contributed by atoms with Crippen molar-refractivity contribution < 1.29 is 23.1 Å². The van der Waals surface area contributed by atoms with Gasteiger partial charge in [0.05, 0.1) is 5.69 Å². The summed E-state index contributed by atoms with van der Waals surface area (Å²) >= 11 is 0. The fraction of sp³-hybridized carbons (Fsp3) is 0.609. The summed E-state index contributed by atoms with van der Waals surface area (Å²) in [6.07, 6.45) is 2.17. The van der Waals surface area contributed by atoms with E-state index >= 15 is 0 Å². The lowest BCUT2D eigenvalue weighted by Crippen LogP contribution is -2.56. The lowest BCUT2D eigenvalue weighted by molar-refractivity contribution is -0.153. The molecule has 202 valence electrons. The van der Waals surface area contributed by atoms with Crippen LogP contribution < -0.4 is 21.5 Å². The molecule has 3 rings (SSSR count). The topological polar surface area (TPSA) is 180 Å². The van der Waals surface area contributed by atoms with Crippen molar-refractivity contribution in [1.82, 2.24) is 9.62 Å². The van der Waals surface area contributed by atoms with Crippen LogP contribution in [0.2, 0.25) is 0 Å². The number of carbonyl (C=O) groups is 2. The molecule has 1 aromatic carbocycles. The zero-order chi connectivity index (χ0) is 25.8. The lowest BCUT2D eigenvalue weighted by Gasteiger charge is -2.38. The maximum atomic E-state index is 13.5. The van der Waals surface area contributed by atoms with E-state index in [9.17, 15) is 23.1 Å². The Bertz CT molecular complexity index is 1080. The molecule has 1 aromatic rings. The van der Waals surface area contributed by atoms with Crippen LogP contribution in [0.25, 0.3) is 0 Å². The van der Waals surface area contributed by atoms with E-state index in [0.717, 1.165) is 12.0 Å². The summed E-state index contributed by atoms with van der Waals surface area (Å²) < 4.78 is 29.5. The summed E-state index contributed by atoms with van der Waals surface area (Å²) in [5.74, 6) is -1.22. The summed E-state index contributed by atoms with van der Waals surface area (Å²) in [6, 6.07) is 2.94. The Morgan fingerprint density at radius 1 is 1.28 bits per heavy atom. The number of aliphatic carboxylic acids is 1. The van der Waals surface area contributed by atoms with Gasteiger partial charge in [0.25, 0.3) is 0 Å². The van der Waals surface area contributed by atoms with Gasteiger partial charge in [-0.2, -0.15) is 4.72 Å². The molecule has 0 saturated carbocycles. The lowest BCUT2D eigenvalue weighted by atomic mass is 9.91. The van der Waals surface area contributed by atoms with Gasteiger partial charge in [-0.3, -0.25) is 9.79 Å². The molecule has 2 heterocycles. The van der Waals surface area contributed by atoms with Gasteiger partial charge in [0, 0.05) is 19.6 Å². The minimum atomic E-state index is -4.10. The smallest absolute Gasteiger partial charge is 0.326 e. The molecule has 2 aliphatic heterocycles. The number of para-hydroxylation sites is 1. The molecule has 0 radical (unpaired) electrons. The number of aliphatic imine (C=N–C) groups is 1. The van der Waals surface area contributed by atoms with E-state index in [0.29, 0.717) is 37.4 Å². The van der Waals surface area contributed by atoms with Gasteiger partial charge in [-0.15, -0.1) is 12.4 Å². The van der Waals surface area contributed by atoms with Gasteiger partial charge < -0.3 is 26.8 Å². The highest BCUT2D eigenvalue weighted by Gasteiger charge is 2.39. The van der Waals surface area contributed by atoms with Crippen LogP contribution >= 0.6 is 12.4 Å². The number of halogens is 1. The molecule has 0 aliphatic carbocycles. The monoisotopic (exact) mass is 544 g/mol. The first-order valence-electron chi connectivity index (χ1n) is 12.0. The second kappa shape index (κ2) is 12.6. The number of hydrogen-bond donors (Lipinski definition) is 5. The van der Waals surface area contributed by atoms with Crippen molar-refractivity contribution in [1.29, 1.82) is 0 Å². The van der Waals surface area contributed by atoms with Crippen molar-refractivity contribution in [3.8, 4) is 0 Å². The van der Waals surface area contributed by atoms with Crippen LogP contribution in [0.15, 0.2) is 28.1 Å². The van der Waals surface area contributed by atoms with Crippen molar-refractivity contribution >= 4 is 46.0 Å². The van der Waals surface area contributed by atoms with Crippen LogP contribution in [0.4, 0.5) is 5.69 Å². The number of guanidine groups is 1. The third-order valence-corrected chi connectivity index (χ3v) is 8.09. The molecular formula is C23H37ClN6O5S. The molecule has 1 unspecified atom stereocenters. The number of hydrogen-bond acceptors (Lipinski definition) is 6. The van der Waals surface area contributed by atoms with E-state index in [4.69, 9.17) is 11.5 Å². The Kier molecular flexibility index (Phi) is 10.4. The standard InChI is InChI=1S/C23H36N6O5S.ClH/c1-14-8-10-29(18(12-14)22(31)32)21(30)17(6-4-9-26-23(24)25)28-35(33,34)19-7-3-5-16-11-15(2)13-27-20(16)19;/h3,5,7,14-15,17-18,27-28H,4,6,8-13H2,1-2H3,(H,31,32)(H4,24,25,26);1H/t14-,15?,17+,18-;/m1./s1. The first kappa shape index (κ1) is 29.7. The first-order chi connectivity index (χ1) is 16.5. The molecule has 13 heteroatoms. The molecule has 0 spiro atoms. The third-order valence-electron chi connectivity index (χ3n) is 6.57. The van der Waals surface area contributed by atoms with Crippen molar-refractivity contribution in [2.45, 2.75) is 62.9 Å². The number of carbonyl (C=O) groups excluding carboxylic acids is 1. The Morgan fingerprint density at radius 3 is 2.67 bits per heavy atom. The number of likely N-dealkylation sites (tertiary alicyclic amines) is 1. The number of anilines is 1. The van der Waals surface area contributed by atoms with Crippen LogP contribution in [0, 0.1) is 11.8 Å². The third kappa shape index (κ3) is 7.23. The number of fused-ring (bicyclic) bond motifs is 1. The molecule has 0 bridgehead atoms. The zero-order valence-electron chi connectivity index (χ0n) is 20.6. The molecule has 7 N–H and O–H groups in total. The van der Waals surface area contributed by atoms with Crippen molar-refractivity contribution in [2.75, 3.05) is 25.0 Å². The van der Waals surface area contributed by atoms with E-state index in [2.05, 4.69) is 22.0 Å². The largest absolute Gasteiger partial charge is 0.480 e. The highest BCUT2D eigenvalue weighted by Crippen LogP contribution is 2.31. The van der Waals surface area contributed by atoms with Crippen LogP contribution in [-0.2, 0) is 26.0 Å². The molecule has 1 saturated heterocycles. The Hall–Kier alpha value is -2.57. The molecule has 2 aliphatic rings. The fourth-order valence-corrected chi connectivity index (χ4v) is 6.17. The average molecular weight is 545 g/mol. The number of benzene rings is 1. The van der Waals surface area contributed by atoms with Crippen LogP contribution in [0.3, 0.4) is 0 Å². The summed E-state index contributed by atoms with van der Waals surface area (Å²) in [7, 11) is -4.10. The predicted octanol–water partition coefficient (Wildman–Crippen LogP) is 1.12. The van der Waals surface area contributed by atoms with Crippen LogP contribution in [0.5, 0.6) is 0 Å². The normalized spacial score (nSPS) is 22.4. The van der Waals surface area contributed by atoms with Crippen LogP contribution in [-0.4, -0.2) is 68.0 Å². The fourth-order valence-electron chi connectivity index (χ4n) is 4.72. The van der Waals surface area contributed by atoms with Crippen molar-refractivity contribution in [3.63, 3.8) is 0 Å². The van der Waals surface area contributed by atoms with Gasteiger partial charge in [-0.05, 0) is 55.6 Å². The Morgan fingerprint density at radius 2 is 2.00 bits per heavy atom. The summed E-state index contributed by atoms with van der Waals surface area (Å²) in [4.78, 5) is 30.7. The number of piperidine rings is 1. The highest BCUT2D eigenvalue weighted by molar-refractivity contribution is 7.89. The van der Waals surface area contributed by atoms with E-state index in [1.165, 1.54) is 11.0 Å². The number of nitrogens with two attached hydrogens (primary N) is 2. The number of carboxylic acids is 1. The van der Waals surface area contributed by atoms with Crippen molar-refractivity contribution in [3.05, 3.63) is 23.8 Å². The number of rotatable bonds is 9. The van der Waals surface area contributed by atoms with Crippen molar-refractivity contribution in [2.24, 2.45) is 28.3 Å². The average Bonchev–Trinajstić information content (AvgIpc) is 2.79. The molecule has 1 fully saturated rings. The van der Waals surface area contributed by atoms with Gasteiger partial charge in [-0.1, -0.05) is 26.0 Å². The second-order valence-corrected chi connectivity index (χ2v) is 11.3. The van der Waals surface area contributed by atoms with Gasteiger partial charge in [0.1, 0.15) is 17.0 Å². The van der Waals surface area contributed by atoms with E-state index in [1.54, 1.807) is 6.07 Å². The molecule has 11 nitrogen and oxygen atoms in total. The maximum absolute atomic E-state index is 13.5. The zero-order valence-corrected chi connectivity index (χ0v) is 22.3. The first-order valence-corrected chi connectivity index (χ1v) is 13.4. The number of sulfonamides is 1. The summed E-state index contributed by atoms with van der Waals surface area (Å²) in [6.45, 7) is 5.14. The quantitative estimate of drug-likeness (QED) is 0.174. The summed E-state index contributed by atoms with van der Waals surface area (Å²) in [5, 5.41) is 12.9. The van der Waals surface area contributed by atoms with E-state index in [1.807, 2.05) is 13.0 Å². The van der Waals surface area contributed by atoms with Gasteiger partial charge >= 0.3 is 5.97 Å². The number of carboxylic acid groups (broad SMARTS) is 1. The molecule has 1 amide bonds. The molecular weight excluding hydrogens is 508 g/mol. The van der Waals surface area contributed by atoms with Gasteiger partial charge in [0.15, 0.2) is 5.96 Å². The summed E-state index contributed by atoms with van der Waals surface area (Å²) in [5.41, 5.74) is 12.2. The number of nitrogens with zero attached hydrogens (tertiary/aromatic N) is 2. The minimum absolute atomic E-state index is 0. The minimum Gasteiger partial charge on any atom is -0.480 e.